The van der Waals surface area contributed by atoms with Crippen molar-refractivity contribution in [2.24, 2.45) is 0 Å². The average Bonchev–Trinajstić information content (AvgIpc) is 3.41. The van der Waals surface area contributed by atoms with Gasteiger partial charge in [0.25, 0.3) is 0 Å². The van der Waals surface area contributed by atoms with E-state index in [1.54, 1.807) is 12.1 Å². The fraction of sp³-hybridized carbons (Fsp3) is 0.350. The first-order chi connectivity index (χ1) is 11.6. The number of benzene rings is 2. The van der Waals surface area contributed by atoms with Crippen LogP contribution in [0.2, 0.25) is 0 Å². The summed E-state index contributed by atoms with van der Waals surface area (Å²) in [4.78, 5) is 14.3. The van der Waals surface area contributed by atoms with Gasteiger partial charge in [-0.15, -0.1) is 0 Å². The van der Waals surface area contributed by atoms with Crippen LogP contribution in [0.3, 0.4) is 0 Å². The Bertz CT molecular complexity index is 695. The molecule has 0 radical (unpaired) electrons. The molecule has 0 heterocycles. The molecule has 0 unspecified atom stereocenters. The van der Waals surface area contributed by atoms with Gasteiger partial charge in [-0.2, -0.15) is 0 Å². The van der Waals surface area contributed by atoms with E-state index in [2.05, 4.69) is 10.2 Å². The molecule has 1 saturated carbocycles. The molecular weight excluding hydrogens is 303 g/mol. The summed E-state index contributed by atoms with van der Waals surface area (Å²) >= 11 is 0. The van der Waals surface area contributed by atoms with Crippen LogP contribution in [0.25, 0.3) is 0 Å². The summed E-state index contributed by atoms with van der Waals surface area (Å²) in [7, 11) is 0. The molecule has 0 bridgehead atoms. The van der Waals surface area contributed by atoms with Gasteiger partial charge in [-0.25, -0.2) is 4.39 Å². The summed E-state index contributed by atoms with van der Waals surface area (Å²) in [5, 5.41) is 2.96. The summed E-state index contributed by atoms with van der Waals surface area (Å²) in [5.74, 6) is -0.220. The Balaban J connectivity index is 1.54. The highest BCUT2D eigenvalue weighted by molar-refractivity contribution is 5.78. The van der Waals surface area contributed by atoms with E-state index in [9.17, 15) is 9.18 Å². The van der Waals surface area contributed by atoms with Gasteiger partial charge in [0.2, 0.25) is 5.91 Å². The fourth-order valence-electron chi connectivity index (χ4n) is 2.75. The van der Waals surface area contributed by atoms with E-state index in [0.29, 0.717) is 31.2 Å². The number of rotatable bonds is 7. The number of carbonyl (C=O) groups excluding carboxylic acids is 1. The highest BCUT2D eigenvalue weighted by Crippen LogP contribution is 2.28. The molecule has 0 saturated heterocycles. The molecule has 3 rings (SSSR count). The van der Waals surface area contributed by atoms with Gasteiger partial charge in [0, 0.05) is 24.7 Å². The van der Waals surface area contributed by atoms with E-state index < -0.39 is 0 Å². The van der Waals surface area contributed by atoms with Crippen molar-refractivity contribution >= 4 is 5.91 Å². The van der Waals surface area contributed by atoms with Gasteiger partial charge in [-0.05, 0) is 31.4 Å². The monoisotopic (exact) mass is 326 g/mol. The number of amides is 1. The number of halogens is 1. The van der Waals surface area contributed by atoms with Gasteiger partial charge in [0.15, 0.2) is 0 Å². The Labute approximate surface area is 142 Å². The molecule has 0 spiro atoms. The van der Waals surface area contributed by atoms with Crippen LogP contribution in [0, 0.1) is 12.7 Å². The Hall–Kier alpha value is -2.20. The van der Waals surface area contributed by atoms with E-state index in [-0.39, 0.29) is 11.7 Å². The number of nitrogens with zero attached hydrogens (tertiary/aromatic N) is 1. The molecule has 0 aromatic heterocycles. The Morgan fingerprint density at radius 3 is 2.54 bits per heavy atom. The van der Waals surface area contributed by atoms with Gasteiger partial charge >= 0.3 is 0 Å². The van der Waals surface area contributed by atoms with E-state index in [1.165, 1.54) is 11.6 Å². The lowest BCUT2D eigenvalue weighted by Crippen LogP contribution is -2.38. The summed E-state index contributed by atoms with van der Waals surface area (Å²) in [6, 6.07) is 15.3. The molecule has 0 atom stereocenters. The highest BCUT2D eigenvalue weighted by Gasteiger charge is 2.30. The maximum Gasteiger partial charge on any atom is 0.234 e. The second kappa shape index (κ2) is 7.58. The lowest BCUT2D eigenvalue weighted by atomic mass is 10.1. The van der Waals surface area contributed by atoms with Crippen LogP contribution in [-0.2, 0) is 17.9 Å². The third-order valence-electron chi connectivity index (χ3n) is 4.35. The number of aryl methyl sites for hydroxylation is 1. The summed E-state index contributed by atoms with van der Waals surface area (Å²) in [5.41, 5.74) is 2.94. The third kappa shape index (κ3) is 4.65. The number of nitrogens with one attached hydrogen (secondary N) is 1. The smallest absolute Gasteiger partial charge is 0.234 e. The van der Waals surface area contributed by atoms with Crippen LogP contribution in [-0.4, -0.2) is 23.4 Å². The zero-order chi connectivity index (χ0) is 16.9. The van der Waals surface area contributed by atoms with Crippen molar-refractivity contribution in [1.29, 1.82) is 0 Å². The average molecular weight is 326 g/mol. The molecule has 24 heavy (non-hydrogen) atoms. The fourth-order valence-corrected chi connectivity index (χ4v) is 2.75. The lowest BCUT2D eigenvalue weighted by Gasteiger charge is -2.21. The first-order valence-electron chi connectivity index (χ1n) is 8.41. The van der Waals surface area contributed by atoms with Crippen LogP contribution >= 0.6 is 0 Å². The molecule has 1 amide bonds. The van der Waals surface area contributed by atoms with E-state index in [1.807, 2.05) is 37.3 Å². The summed E-state index contributed by atoms with van der Waals surface area (Å²) in [6.07, 6.45) is 2.17. The molecule has 1 N–H and O–H groups in total. The molecule has 126 valence electrons. The zero-order valence-electron chi connectivity index (χ0n) is 14.0. The van der Waals surface area contributed by atoms with E-state index in [4.69, 9.17) is 0 Å². The van der Waals surface area contributed by atoms with Crippen molar-refractivity contribution in [3.8, 4) is 0 Å². The van der Waals surface area contributed by atoms with Gasteiger partial charge in [0.05, 0.1) is 6.54 Å². The van der Waals surface area contributed by atoms with Gasteiger partial charge < -0.3 is 5.32 Å². The lowest BCUT2D eigenvalue weighted by molar-refractivity contribution is -0.122. The van der Waals surface area contributed by atoms with Crippen LogP contribution < -0.4 is 5.32 Å². The SMILES string of the molecule is Cc1ccc(CNC(=O)CN(Cc2ccccc2F)C2CC2)cc1. The number of hydrogen-bond donors (Lipinski definition) is 1. The second-order valence-corrected chi connectivity index (χ2v) is 6.49. The highest BCUT2D eigenvalue weighted by atomic mass is 19.1. The summed E-state index contributed by atoms with van der Waals surface area (Å²) in [6.45, 7) is 3.36. The molecule has 4 heteroatoms. The van der Waals surface area contributed by atoms with Crippen LogP contribution in [0.5, 0.6) is 0 Å². The second-order valence-electron chi connectivity index (χ2n) is 6.49. The van der Waals surface area contributed by atoms with Gasteiger partial charge in [0.1, 0.15) is 5.82 Å². The van der Waals surface area contributed by atoms with E-state index in [0.717, 1.165) is 18.4 Å². The first-order valence-corrected chi connectivity index (χ1v) is 8.41. The number of hydrogen-bond acceptors (Lipinski definition) is 2. The Morgan fingerprint density at radius 1 is 1.17 bits per heavy atom. The predicted octanol–water partition coefficient (Wildman–Crippen LogP) is 3.41. The molecule has 1 aliphatic rings. The van der Waals surface area contributed by atoms with E-state index >= 15 is 0 Å². The maximum atomic E-state index is 13.8. The van der Waals surface area contributed by atoms with Crippen molar-refractivity contribution in [3.05, 3.63) is 71.0 Å². The molecule has 1 aliphatic carbocycles. The third-order valence-corrected chi connectivity index (χ3v) is 4.35. The van der Waals surface area contributed by atoms with Crippen molar-refractivity contribution in [2.75, 3.05) is 6.54 Å². The minimum Gasteiger partial charge on any atom is -0.351 e. The molecule has 3 nitrogen and oxygen atoms in total. The van der Waals surface area contributed by atoms with Crippen molar-refractivity contribution in [1.82, 2.24) is 10.2 Å². The maximum absolute atomic E-state index is 13.8. The first kappa shape index (κ1) is 16.7. The predicted molar refractivity (Wildman–Crippen MR) is 92.9 cm³/mol. The molecular formula is C20H23FN2O. The van der Waals surface area contributed by atoms with Gasteiger partial charge in [-0.1, -0.05) is 48.0 Å². The normalized spacial score (nSPS) is 14.0. The van der Waals surface area contributed by atoms with Crippen LogP contribution in [0.15, 0.2) is 48.5 Å². The Kier molecular flexibility index (Phi) is 5.26. The Morgan fingerprint density at radius 2 is 1.88 bits per heavy atom. The van der Waals surface area contributed by atoms with Crippen LogP contribution in [0.4, 0.5) is 4.39 Å². The standard InChI is InChI=1S/C20H23FN2O/c1-15-6-8-16(9-7-15)12-22-20(24)14-23(18-10-11-18)13-17-4-2-3-5-19(17)21/h2-9,18H,10-14H2,1H3,(H,22,24). The van der Waals surface area contributed by atoms with Crippen molar-refractivity contribution < 1.29 is 9.18 Å². The van der Waals surface area contributed by atoms with Crippen molar-refractivity contribution in [3.63, 3.8) is 0 Å². The molecule has 2 aromatic carbocycles. The molecule has 1 fully saturated rings. The molecule has 2 aromatic rings. The van der Waals surface area contributed by atoms with Gasteiger partial charge in [-0.3, -0.25) is 9.69 Å². The topological polar surface area (TPSA) is 32.3 Å². The van der Waals surface area contributed by atoms with Crippen LogP contribution in [0.1, 0.15) is 29.5 Å². The minimum absolute atomic E-state index is 0.0150. The summed E-state index contributed by atoms with van der Waals surface area (Å²) < 4.78 is 13.8. The minimum atomic E-state index is -0.205. The molecule has 0 aliphatic heterocycles. The largest absolute Gasteiger partial charge is 0.351 e. The van der Waals surface area contributed by atoms with Crippen molar-refractivity contribution in [2.45, 2.75) is 38.9 Å². The zero-order valence-corrected chi connectivity index (χ0v) is 14.0. The number of carbonyl (C=O) groups is 1. The quantitative estimate of drug-likeness (QED) is 0.845.